The lowest BCUT2D eigenvalue weighted by atomic mass is 9.96. The number of hydrogen-bond acceptors (Lipinski definition) is 7. The van der Waals surface area contributed by atoms with E-state index in [9.17, 15) is 14.4 Å². The molecular weight excluding hydrogens is 636 g/mol. The molecule has 3 aromatic rings. The van der Waals surface area contributed by atoms with Gasteiger partial charge in [-0.3, -0.25) is 14.2 Å². The van der Waals surface area contributed by atoms with Crippen LogP contribution in [-0.2, 0) is 14.3 Å². The van der Waals surface area contributed by atoms with Gasteiger partial charge in [0.05, 0.1) is 32.9 Å². The Labute approximate surface area is 232 Å². The summed E-state index contributed by atoms with van der Waals surface area (Å²) in [5.74, 6) is -0.748. The smallest absolute Gasteiger partial charge is 0.338 e. The summed E-state index contributed by atoms with van der Waals surface area (Å²) in [7, 11) is 0. The number of benzene rings is 2. The lowest BCUT2D eigenvalue weighted by Gasteiger charge is -2.24. The number of allylic oxidation sites excluding steroid dienone is 1. The summed E-state index contributed by atoms with van der Waals surface area (Å²) in [5.41, 5.74) is 1.60. The zero-order chi connectivity index (χ0) is 26.1. The third-order valence-corrected chi connectivity index (χ3v) is 7.55. The van der Waals surface area contributed by atoms with Crippen molar-refractivity contribution in [3.8, 4) is 5.75 Å². The SMILES string of the molecule is CCOC(=O)C1=C(C)N=c2s/c(=C\c3cc(Br)cc(Br)c3OC(C)=O)c(=O)n2[C@H]1c1ccc(Cl)cc1. The van der Waals surface area contributed by atoms with Crippen LogP contribution in [0, 0.1) is 0 Å². The first-order valence-electron chi connectivity index (χ1n) is 10.7. The Kier molecular flexibility index (Phi) is 7.99. The van der Waals surface area contributed by atoms with Gasteiger partial charge in [0.2, 0.25) is 0 Å². The quantitative estimate of drug-likeness (QED) is 0.289. The van der Waals surface area contributed by atoms with Gasteiger partial charge < -0.3 is 9.47 Å². The molecule has 2 heterocycles. The Balaban J connectivity index is 1.98. The van der Waals surface area contributed by atoms with Crippen molar-refractivity contribution in [1.29, 1.82) is 0 Å². The van der Waals surface area contributed by atoms with Crippen LogP contribution in [0.15, 0.2) is 66.4 Å². The largest absolute Gasteiger partial charge is 0.463 e. The van der Waals surface area contributed by atoms with Crippen molar-refractivity contribution in [3.05, 3.63) is 92.5 Å². The third-order valence-electron chi connectivity index (χ3n) is 5.27. The van der Waals surface area contributed by atoms with E-state index in [4.69, 9.17) is 21.1 Å². The molecule has 0 amide bonds. The van der Waals surface area contributed by atoms with E-state index in [2.05, 4.69) is 36.9 Å². The van der Waals surface area contributed by atoms with E-state index in [1.165, 1.54) is 22.8 Å². The second kappa shape index (κ2) is 10.8. The van der Waals surface area contributed by atoms with E-state index in [0.29, 0.717) is 35.7 Å². The van der Waals surface area contributed by atoms with E-state index in [0.717, 1.165) is 4.47 Å². The van der Waals surface area contributed by atoms with Gasteiger partial charge in [-0.05, 0) is 65.7 Å². The highest BCUT2D eigenvalue weighted by Gasteiger charge is 2.33. The number of esters is 2. The highest BCUT2D eigenvalue weighted by molar-refractivity contribution is 9.11. The molecule has 4 rings (SSSR count). The number of fused-ring (bicyclic) bond motifs is 1. The number of halogens is 3. The molecule has 0 saturated heterocycles. The molecule has 11 heteroatoms. The maximum absolute atomic E-state index is 13.8. The molecule has 186 valence electrons. The third kappa shape index (κ3) is 5.27. The summed E-state index contributed by atoms with van der Waals surface area (Å²) in [6, 6.07) is 9.69. The fraction of sp³-hybridized carbons (Fsp3) is 0.200. The van der Waals surface area contributed by atoms with Crippen LogP contribution in [0.1, 0.15) is 37.9 Å². The Morgan fingerprint density at radius 3 is 2.56 bits per heavy atom. The van der Waals surface area contributed by atoms with Crippen molar-refractivity contribution in [2.45, 2.75) is 26.8 Å². The van der Waals surface area contributed by atoms with Crippen LogP contribution >= 0.6 is 54.8 Å². The summed E-state index contributed by atoms with van der Waals surface area (Å²) in [6.45, 7) is 4.93. The van der Waals surface area contributed by atoms with Crippen LogP contribution in [0.4, 0.5) is 0 Å². The van der Waals surface area contributed by atoms with Gasteiger partial charge in [0.25, 0.3) is 5.56 Å². The highest BCUT2D eigenvalue weighted by atomic mass is 79.9. The van der Waals surface area contributed by atoms with Gasteiger partial charge >= 0.3 is 11.9 Å². The van der Waals surface area contributed by atoms with Gasteiger partial charge in [-0.25, -0.2) is 9.79 Å². The summed E-state index contributed by atoms with van der Waals surface area (Å²) in [5, 5.41) is 0.530. The van der Waals surface area contributed by atoms with Gasteiger partial charge in [0.1, 0.15) is 0 Å². The average Bonchev–Trinajstić information content (AvgIpc) is 3.10. The van der Waals surface area contributed by atoms with Gasteiger partial charge in [0.15, 0.2) is 10.6 Å². The van der Waals surface area contributed by atoms with Crippen LogP contribution in [0.3, 0.4) is 0 Å². The molecule has 0 radical (unpaired) electrons. The minimum Gasteiger partial charge on any atom is -0.463 e. The molecule has 0 N–H and O–H groups in total. The van der Waals surface area contributed by atoms with Crippen molar-refractivity contribution in [2.24, 2.45) is 4.99 Å². The normalized spacial score (nSPS) is 15.4. The molecule has 7 nitrogen and oxygen atoms in total. The second-order valence-electron chi connectivity index (χ2n) is 7.75. The Bertz CT molecular complexity index is 1590. The minimum absolute atomic E-state index is 0.185. The van der Waals surface area contributed by atoms with E-state index in [1.807, 2.05) is 0 Å². The predicted molar refractivity (Wildman–Crippen MR) is 145 cm³/mol. The molecule has 36 heavy (non-hydrogen) atoms. The van der Waals surface area contributed by atoms with Crippen LogP contribution in [-0.4, -0.2) is 23.1 Å². The maximum atomic E-state index is 13.8. The summed E-state index contributed by atoms with van der Waals surface area (Å²) < 4.78 is 13.8. The van der Waals surface area contributed by atoms with Crippen molar-refractivity contribution in [2.75, 3.05) is 6.61 Å². The topological polar surface area (TPSA) is 87.0 Å². The predicted octanol–water partition coefficient (Wildman–Crippen LogP) is 4.90. The van der Waals surface area contributed by atoms with Crippen LogP contribution in [0.25, 0.3) is 6.08 Å². The average molecular weight is 655 g/mol. The molecule has 0 bridgehead atoms. The zero-order valence-corrected chi connectivity index (χ0v) is 24.0. The van der Waals surface area contributed by atoms with E-state index < -0.39 is 18.0 Å². The number of carbonyl (C=O) groups is 2. The Hall–Kier alpha value is -2.53. The maximum Gasteiger partial charge on any atom is 0.338 e. The second-order valence-corrected chi connectivity index (χ2v) is 11.0. The van der Waals surface area contributed by atoms with Crippen LogP contribution in [0.5, 0.6) is 5.75 Å². The van der Waals surface area contributed by atoms with Crippen LogP contribution in [0.2, 0.25) is 5.02 Å². The number of rotatable bonds is 5. The molecule has 0 spiro atoms. The lowest BCUT2D eigenvalue weighted by molar-refractivity contribution is -0.139. The van der Waals surface area contributed by atoms with Gasteiger partial charge in [-0.2, -0.15) is 0 Å². The number of thiazole rings is 1. The molecule has 1 aromatic heterocycles. The van der Waals surface area contributed by atoms with E-state index in [-0.39, 0.29) is 23.5 Å². The van der Waals surface area contributed by atoms with Crippen molar-refractivity contribution in [1.82, 2.24) is 4.57 Å². The van der Waals surface area contributed by atoms with Crippen molar-refractivity contribution >= 4 is 72.8 Å². The van der Waals surface area contributed by atoms with E-state index >= 15 is 0 Å². The Morgan fingerprint density at radius 1 is 1.22 bits per heavy atom. The Morgan fingerprint density at radius 2 is 1.92 bits per heavy atom. The monoisotopic (exact) mass is 652 g/mol. The molecule has 1 aliphatic heterocycles. The van der Waals surface area contributed by atoms with Crippen molar-refractivity contribution in [3.63, 3.8) is 0 Å². The lowest BCUT2D eigenvalue weighted by Crippen LogP contribution is -2.39. The standard InChI is InChI=1S/C25H19Br2ClN2O5S/c1-4-34-24(33)20-12(2)29-25-30(21(20)14-5-7-17(28)8-6-14)23(32)19(36-25)10-15-9-16(26)11-18(27)22(15)35-13(3)31/h5-11,21H,4H2,1-3H3/b19-10-/t21-/m0/s1. The summed E-state index contributed by atoms with van der Waals surface area (Å²) >= 11 is 14.1. The fourth-order valence-corrected chi connectivity index (χ4v) is 6.33. The fourth-order valence-electron chi connectivity index (χ4n) is 3.83. The number of nitrogens with zero attached hydrogens (tertiary/aromatic N) is 2. The number of aromatic nitrogens is 1. The molecular formula is C25H19Br2ClN2O5S. The molecule has 2 aromatic carbocycles. The first-order valence-corrected chi connectivity index (χ1v) is 13.5. The molecule has 1 atom stereocenters. The number of hydrogen-bond donors (Lipinski definition) is 0. The highest BCUT2D eigenvalue weighted by Crippen LogP contribution is 2.34. The molecule has 0 saturated carbocycles. The minimum atomic E-state index is -0.748. The van der Waals surface area contributed by atoms with Crippen LogP contribution < -0.4 is 19.6 Å². The molecule has 0 aliphatic carbocycles. The molecule has 1 aliphatic rings. The first-order chi connectivity index (χ1) is 17.1. The van der Waals surface area contributed by atoms with Gasteiger partial charge in [0, 0.05) is 22.0 Å². The van der Waals surface area contributed by atoms with Gasteiger partial charge in [-0.15, -0.1) is 0 Å². The zero-order valence-electron chi connectivity index (χ0n) is 19.3. The van der Waals surface area contributed by atoms with Gasteiger partial charge in [-0.1, -0.05) is 51.0 Å². The molecule has 0 unspecified atom stereocenters. The molecule has 0 fully saturated rings. The number of carbonyl (C=O) groups excluding carboxylic acids is 2. The summed E-state index contributed by atoms with van der Waals surface area (Å²) in [4.78, 5) is 43.4. The van der Waals surface area contributed by atoms with E-state index in [1.54, 1.807) is 56.3 Å². The first kappa shape index (κ1) is 26.5. The van der Waals surface area contributed by atoms with Crippen molar-refractivity contribution < 1.29 is 19.1 Å². The summed E-state index contributed by atoms with van der Waals surface area (Å²) in [6.07, 6.45) is 1.64. The number of ether oxygens (including phenoxy) is 2.